The maximum atomic E-state index is 12.8. The first kappa shape index (κ1) is 18.8. The van der Waals surface area contributed by atoms with Crippen molar-refractivity contribution >= 4 is 11.9 Å². The average Bonchev–Trinajstić information content (AvgIpc) is 2.75. The van der Waals surface area contributed by atoms with Gasteiger partial charge in [-0.2, -0.15) is 0 Å². The highest BCUT2D eigenvalue weighted by atomic mass is 16.5. The summed E-state index contributed by atoms with van der Waals surface area (Å²) in [6.07, 6.45) is 4.24. The number of benzene rings is 1. The summed E-state index contributed by atoms with van der Waals surface area (Å²) in [5, 5.41) is 11.0. The molecule has 0 spiro atoms. The molecule has 148 valence electrons. The molecule has 2 fully saturated rings. The van der Waals surface area contributed by atoms with Crippen molar-refractivity contribution in [2.45, 2.75) is 25.4 Å². The first-order chi connectivity index (χ1) is 13.5. The quantitative estimate of drug-likeness (QED) is 0.871. The van der Waals surface area contributed by atoms with E-state index in [0.29, 0.717) is 50.7 Å². The first-order valence-electron chi connectivity index (χ1n) is 9.79. The highest BCUT2D eigenvalue weighted by Gasteiger charge is 2.35. The number of hydrogen-bond acceptors (Lipinski definition) is 6. The largest absolute Gasteiger partial charge is 0.385 e. The van der Waals surface area contributed by atoms with Crippen LogP contribution in [0.25, 0.3) is 0 Å². The number of aliphatic hydroxyl groups is 1. The fraction of sp³-hybridized carbons (Fsp3) is 0.476. The number of morpholine rings is 1. The molecule has 0 radical (unpaired) electrons. The summed E-state index contributed by atoms with van der Waals surface area (Å²) in [5.41, 5.74) is 1.66. The number of carbonyl (C=O) groups excluding carboxylic acids is 1. The zero-order valence-electron chi connectivity index (χ0n) is 16.2. The predicted molar refractivity (Wildman–Crippen MR) is 105 cm³/mol. The third kappa shape index (κ3) is 3.86. The van der Waals surface area contributed by atoms with Gasteiger partial charge in [-0.25, -0.2) is 9.97 Å². The van der Waals surface area contributed by atoms with Crippen LogP contribution in [0.1, 0.15) is 34.3 Å². The number of anilines is 1. The Morgan fingerprint density at radius 1 is 1.11 bits per heavy atom. The van der Waals surface area contributed by atoms with Gasteiger partial charge in [-0.15, -0.1) is 0 Å². The van der Waals surface area contributed by atoms with E-state index >= 15 is 0 Å². The highest BCUT2D eigenvalue weighted by Crippen LogP contribution is 2.33. The molecule has 0 atom stereocenters. The zero-order chi connectivity index (χ0) is 19.6. The van der Waals surface area contributed by atoms with Crippen LogP contribution in [0, 0.1) is 6.92 Å². The van der Waals surface area contributed by atoms with Crippen LogP contribution < -0.4 is 4.90 Å². The lowest BCUT2D eigenvalue weighted by Crippen LogP contribution is -2.45. The summed E-state index contributed by atoms with van der Waals surface area (Å²) in [5.74, 6) is 0.548. The van der Waals surface area contributed by atoms with E-state index in [0.717, 1.165) is 24.2 Å². The van der Waals surface area contributed by atoms with Crippen LogP contribution in [0.5, 0.6) is 0 Å². The van der Waals surface area contributed by atoms with E-state index in [4.69, 9.17) is 4.74 Å². The van der Waals surface area contributed by atoms with Crippen LogP contribution in [-0.2, 0) is 10.3 Å². The summed E-state index contributed by atoms with van der Waals surface area (Å²) in [6.45, 7) is 5.90. The van der Waals surface area contributed by atoms with E-state index in [1.54, 1.807) is 17.3 Å². The van der Waals surface area contributed by atoms with Crippen molar-refractivity contribution in [3.63, 3.8) is 0 Å². The SMILES string of the molecule is Cc1cccc(C2(O)CCN(C(=O)c3cnc(N4CCOCC4)nc3)CC2)c1. The lowest BCUT2D eigenvalue weighted by atomic mass is 9.84. The topological polar surface area (TPSA) is 78.8 Å². The Hall–Kier alpha value is -2.51. The molecule has 2 aliphatic heterocycles. The van der Waals surface area contributed by atoms with Crippen molar-refractivity contribution in [1.82, 2.24) is 14.9 Å². The maximum Gasteiger partial charge on any atom is 0.256 e. The molecule has 3 heterocycles. The van der Waals surface area contributed by atoms with E-state index in [9.17, 15) is 9.90 Å². The second kappa shape index (κ2) is 7.85. The van der Waals surface area contributed by atoms with Crippen molar-refractivity contribution in [3.8, 4) is 0 Å². The van der Waals surface area contributed by atoms with E-state index in [1.807, 2.05) is 31.2 Å². The summed E-state index contributed by atoms with van der Waals surface area (Å²) in [6, 6.07) is 7.97. The number of aromatic nitrogens is 2. The van der Waals surface area contributed by atoms with Crippen LogP contribution in [0.4, 0.5) is 5.95 Å². The van der Waals surface area contributed by atoms with Gasteiger partial charge < -0.3 is 19.6 Å². The molecule has 2 aliphatic rings. The third-order valence-corrected chi connectivity index (χ3v) is 5.61. The molecule has 0 bridgehead atoms. The van der Waals surface area contributed by atoms with Gasteiger partial charge in [-0.1, -0.05) is 29.8 Å². The molecule has 1 amide bonds. The highest BCUT2D eigenvalue weighted by molar-refractivity contribution is 5.93. The molecule has 0 aliphatic carbocycles. The average molecular weight is 382 g/mol. The van der Waals surface area contributed by atoms with Gasteiger partial charge in [0.15, 0.2) is 0 Å². The van der Waals surface area contributed by atoms with Gasteiger partial charge in [0, 0.05) is 38.6 Å². The van der Waals surface area contributed by atoms with Crippen LogP contribution in [-0.4, -0.2) is 65.3 Å². The molecule has 2 saturated heterocycles. The fourth-order valence-electron chi connectivity index (χ4n) is 3.84. The number of amides is 1. The molecule has 0 saturated carbocycles. The van der Waals surface area contributed by atoms with Crippen molar-refractivity contribution in [2.24, 2.45) is 0 Å². The summed E-state index contributed by atoms with van der Waals surface area (Å²) < 4.78 is 5.34. The fourth-order valence-corrected chi connectivity index (χ4v) is 3.84. The number of carbonyl (C=O) groups is 1. The van der Waals surface area contributed by atoms with Crippen LogP contribution in [0.3, 0.4) is 0 Å². The molecular weight excluding hydrogens is 356 g/mol. The molecule has 2 aromatic rings. The van der Waals surface area contributed by atoms with E-state index in [2.05, 4.69) is 14.9 Å². The van der Waals surface area contributed by atoms with Gasteiger partial charge in [-0.05, 0) is 25.3 Å². The van der Waals surface area contributed by atoms with Crippen LogP contribution in [0.15, 0.2) is 36.7 Å². The van der Waals surface area contributed by atoms with Gasteiger partial charge in [0.2, 0.25) is 5.95 Å². The summed E-state index contributed by atoms with van der Waals surface area (Å²) in [4.78, 5) is 25.4. The maximum absolute atomic E-state index is 12.8. The number of nitrogens with zero attached hydrogens (tertiary/aromatic N) is 4. The first-order valence-corrected chi connectivity index (χ1v) is 9.79. The summed E-state index contributed by atoms with van der Waals surface area (Å²) in [7, 11) is 0. The number of piperidine rings is 1. The standard InChI is InChI=1S/C21H26N4O3/c1-16-3-2-4-18(13-16)21(27)5-7-24(8-6-21)19(26)17-14-22-20(23-15-17)25-9-11-28-12-10-25/h2-4,13-15,27H,5-12H2,1H3. The molecule has 1 aromatic heterocycles. The second-order valence-electron chi connectivity index (χ2n) is 7.56. The minimum atomic E-state index is -0.876. The summed E-state index contributed by atoms with van der Waals surface area (Å²) >= 11 is 0. The second-order valence-corrected chi connectivity index (χ2v) is 7.56. The van der Waals surface area contributed by atoms with E-state index < -0.39 is 5.60 Å². The van der Waals surface area contributed by atoms with Gasteiger partial charge >= 0.3 is 0 Å². The number of ether oxygens (including phenoxy) is 1. The molecule has 1 N–H and O–H groups in total. The van der Waals surface area contributed by atoms with E-state index in [1.165, 1.54) is 0 Å². The lowest BCUT2D eigenvalue weighted by Gasteiger charge is -2.38. The molecular formula is C21H26N4O3. The lowest BCUT2D eigenvalue weighted by molar-refractivity contribution is -0.0212. The Morgan fingerprint density at radius 3 is 2.43 bits per heavy atom. The smallest absolute Gasteiger partial charge is 0.256 e. The Balaban J connectivity index is 1.39. The van der Waals surface area contributed by atoms with Crippen molar-refractivity contribution in [2.75, 3.05) is 44.3 Å². The number of rotatable bonds is 3. The predicted octanol–water partition coefficient (Wildman–Crippen LogP) is 1.75. The van der Waals surface area contributed by atoms with Crippen molar-refractivity contribution < 1.29 is 14.6 Å². The Kier molecular flexibility index (Phi) is 5.28. The molecule has 7 heteroatoms. The molecule has 4 rings (SSSR count). The zero-order valence-corrected chi connectivity index (χ0v) is 16.2. The van der Waals surface area contributed by atoms with Gasteiger partial charge in [0.05, 0.1) is 24.4 Å². The number of hydrogen-bond donors (Lipinski definition) is 1. The van der Waals surface area contributed by atoms with Gasteiger partial charge in [0.25, 0.3) is 5.91 Å². The minimum Gasteiger partial charge on any atom is -0.385 e. The van der Waals surface area contributed by atoms with Crippen molar-refractivity contribution in [1.29, 1.82) is 0 Å². The minimum absolute atomic E-state index is 0.0835. The van der Waals surface area contributed by atoms with Crippen molar-refractivity contribution in [3.05, 3.63) is 53.3 Å². The van der Waals surface area contributed by atoms with Gasteiger partial charge in [0.1, 0.15) is 0 Å². The Labute approximate surface area is 165 Å². The van der Waals surface area contributed by atoms with Crippen LogP contribution >= 0.6 is 0 Å². The normalized spacial score (nSPS) is 19.5. The van der Waals surface area contributed by atoms with E-state index in [-0.39, 0.29) is 5.91 Å². The monoisotopic (exact) mass is 382 g/mol. The third-order valence-electron chi connectivity index (χ3n) is 5.61. The molecule has 1 aromatic carbocycles. The molecule has 0 unspecified atom stereocenters. The number of aryl methyl sites for hydroxylation is 1. The van der Waals surface area contributed by atoms with Gasteiger partial charge in [-0.3, -0.25) is 4.79 Å². The Bertz CT molecular complexity index is 826. The number of likely N-dealkylation sites (tertiary alicyclic amines) is 1. The Morgan fingerprint density at radius 2 is 1.79 bits per heavy atom. The molecule has 7 nitrogen and oxygen atoms in total. The van der Waals surface area contributed by atoms with Crippen LogP contribution in [0.2, 0.25) is 0 Å². The molecule has 28 heavy (non-hydrogen) atoms.